The minimum Gasteiger partial charge on any atom is -0.352 e. The summed E-state index contributed by atoms with van der Waals surface area (Å²) in [4.78, 5) is 28.4. The molecular formula is C29H34ClN3O4S. The van der Waals surface area contributed by atoms with Crippen molar-refractivity contribution in [3.05, 3.63) is 95.0 Å². The number of amides is 2. The van der Waals surface area contributed by atoms with Crippen LogP contribution >= 0.6 is 11.6 Å². The van der Waals surface area contributed by atoms with E-state index in [1.165, 1.54) is 17.0 Å². The van der Waals surface area contributed by atoms with Crippen LogP contribution in [0.4, 0.5) is 5.69 Å². The predicted molar refractivity (Wildman–Crippen MR) is 152 cm³/mol. The summed E-state index contributed by atoms with van der Waals surface area (Å²) in [5.41, 5.74) is 2.19. The first kappa shape index (κ1) is 29.2. The van der Waals surface area contributed by atoms with E-state index in [1.807, 2.05) is 45.0 Å². The first-order valence-corrected chi connectivity index (χ1v) is 14.3. The molecule has 3 aromatic rings. The molecule has 3 rings (SSSR count). The molecule has 0 aliphatic rings. The van der Waals surface area contributed by atoms with Crippen LogP contribution in [0.15, 0.2) is 83.8 Å². The monoisotopic (exact) mass is 555 g/mol. The lowest BCUT2D eigenvalue weighted by atomic mass is 10.1. The Kier molecular flexibility index (Phi) is 9.94. The van der Waals surface area contributed by atoms with Gasteiger partial charge in [-0.05, 0) is 69.2 Å². The predicted octanol–water partition coefficient (Wildman–Crippen LogP) is 5.18. The smallest absolute Gasteiger partial charge is 0.264 e. The number of anilines is 1. The number of halogens is 1. The molecule has 0 aliphatic carbocycles. The number of sulfonamides is 1. The Balaban J connectivity index is 2.00. The molecule has 9 heteroatoms. The molecule has 2 atom stereocenters. The van der Waals surface area contributed by atoms with Crippen molar-refractivity contribution in [2.75, 3.05) is 10.8 Å². The van der Waals surface area contributed by atoms with Gasteiger partial charge in [-0.3, -0.25) is 13.9 Å². The zero-order valence-electron chi connectivity index (χ0n) is 22.1. The van der Waals surface area contributed by atoms with Crippen LogP contribution in [-0.4, -0.2) is 43.8 Å². The van der Waals surface area contributed by atoms with E-state index in [0.29, 0.717) is 10.7 Å². The lowest BCUT2D eigenvalue weighted by Crippen LogP contribution is -2.52. The molecule has 0 spiro atoms. The van der Waals surface area contributed by atoms with Gasteiger partial charge in [0.15, 0.2) is 0 Å². The van der Waals surface area contributed by atoms with Gasteiger partial charge in [0.25, 0.3) is 10.0 Å². The molecule has 3 aromatic carbocycles. The number of hydrogen-bond acceptors (Lipinski definition) is 4. The van der Waals surface area contributed by atoms with E-state index in [9.17, 15) is 18.0 Å². The summed E-state index contributed by atoms with van der Waals surface area (Å²) in [6.07, 6.45) is 0.740. The number of rotatable bonds is 11. The Morgan fingerprint density at radius 3 is 2.11 bits per heavy atom. The van der Waals surface area contributed by atoms with Gasteiger partial charge in [0.05, 0.1) is 10.6 Å². The normalized spacial score (nSPS) is 12.9. The minimum absolute atomic E-state index is 0.0513. The molecule has 0 unspecified atom stereocenters. The maximum absolute atomic E-state index is 13.9. The van der Waals surface area contributed by atoms with Crippen molar-refractivity contribution in [1.29, 1.82) is 0 Å². The SMILES string of the molecule is CC[C@@H](C)NC(=O)[C@@H](C)N(Cc1ccc(C)cc1)C(=O)CN(c1ccc(Cl)cc1)S(=O)(=O)c1ccccc1. The summed E-state index contributed by atoms with van der Waals surface area (Å²) in [6.45, 7) is 7.13. The van der Waals surface area contributed by atoms with E-state index >= 15 is 0 Å². The Labute approximate surface area is 230 Å². The third-order valence-electron chi connectivity index (χ3n) is 6.37. The van der Waals surface area contributed by atoms with Crippen LogP contribution in [0.1, 0.15) is 38.3 Å². The molecular weight excluding hydrogens is 522 g/mol. The van der Waals surface area contributed by atoms with Crippen LogP contribution in [0.2, 0.25) is 5.02 Å². The Morgan fingerprint density at radius 1 is 0.921 bits per heavy atom. The Morgan fingerprint density at radius 2 is 1.53 bits per heavy atom. The van der Waals surface area contributed by atoms with E-state index in [4.69, 9.17) is 11.6 Å². The number of nitrogens with zero attached hydrogens (tertiary/aromatic N) is 2. The maximum atomic E-state index is 13.9. The average molecular weight is 556 g/mol. The molecule has 0 saturated carbocycles. The number of carbonyl (C=O) groups is 2. The van der Waals surface area contributed by atoms with Crippen molar-refractivity contribution < 1.29 is 18.0 Å². The molecule has 1 N–H and O–H groups in total. The van der Waals surface area contributed by atoms with Crippen LogP contribution in [-0.2, 0) is 26.2 Å². The van der Waals surface area contributed by atoms with Gasteiger partial charge in [-0.2, -0.15) is 0 Å². The topological polar surface area (TPSA) is 86.8 Å². The molecule has 0 bridgehead atoms. The first-order valence-electron chi connectivity index (χ1n) is 12.5. The second-order valence-corrected chi connectivity index (χ2v) is 11.6. The highest BCUT2D eigenvalue weighted by Crippen LogP contribution is 2.26. The summed E-state index contributed by atoms with van der Waals surface area (Å²) in [7, 11) is -4.10. The van der Waals surface area contributed by atoms with Gasteiger partial charge in [0.2, 0.25) is 11.8 Å². The third kappa shape index (κ3) is 7.36. The summed E-state index contributed by atoms with van der Waals surface area (Å²) in [5, 5.41) is 3.37. The molecule has 0 saturated heterocycles. The molecule has 0 aromatic heterocycles. The molecule has 7 nitrogen and oxygen atoms in total. The second kappa shape index (κ2) is 12.9. The van der Waals surface area contributed by atoms with Crippen LogP contribution in [0.3, 0.4) is 0 Å². The molecule has 2 amide bonds. The molecule has 202 valence electrons. The van der Waals surface area contributed by atoms with Crippen molar-refractivity contribution in [3.8, 4) is 0 Å². The van der Waals surface area contributed by atoms with Gasteiger partial charge in [0.1, 0.15) is 12.6 Å². The summed E-state index contributed by atoms with van der Waals surface area (Å²) in [6, 6.07) is 20.9. The first-order chi connectivity index (χ1) is 18.0. The molecule has 0 aliphatic heterocycles. The lowest BCUT2D eigenvalue weighted by molar-refractivity contribution is -0.139. The van der Waals surface area contributed by atoms with Crippen LogP contribution in [0.5, 0.6) is 0 Å². The largest absolute Gasteiger partial charge is 0.352 e. The highest BCUT2D eigenvalue weighted by Gasteiger charge is 2.32. The van der Waals surface area contributed by atoms with E-state index in [2.05, 4.69) is 5.32 Å². The van der Waals surface area contributed by atoms with Gasteiger partial charge in [-0.15, -0.1) is 0 Å². The summed E-state index contributed by atoms with van der Waals surface area (Å²) >= 11 is 6.05. The highest BCUT2D eigenvalue weighted by atomic mass is 35.5. The van der Waals surface area contributed by atoms with Crippen LogP contribution in [0, 0.1) is 6.92 Å². The number of carbonyl (C=O) groups excluding carboxylic acids is 2. The number of hydrogen-bond donors (Lipinski definition) is 1. The molecule has 0 radical (unpaired) electrons. The number of benzene rings is 3. The fraction of sp³-hybridized carbons (Fsp3) is 0.310. The van der Waals surface area contributed by atoms with Gasteiger partial charge in [-0.1, -0.05) is 66.6 Å². The van der Waals surface area contributed by atoms with Crippen molar-refractivity contribution in [2.45, 2.75) is 57.6 Å². The Hall–Kier alpha value is -3.36. The number of nitrogens with one attached hydrogen (secondary N) is 1. The Bertz CT molecular complexity index is 1330. The van der Waals surface area contributed by atoms with Crippen LogP contribution in [0.25, 0.3) is 0 Å². The zero-order chi connectivity index (χ0) is 27.9. The number of aryl methyl sites for hydroxylation is 1. The quantitative estimate of drug-likeness (QED) is 0.353. The summed E-state index contributed by atoms with van der Waals surface area (Å²) in [5.74, 6) is -0.810. The van der Waals surface area contributed by atoms with E-state index in [0.717, 1.165) is 21.9 Å². The third-order valence-corrected chi connectivity index (χ3v) is 8.41. The van der Waals surface area contributed by atoms with E-state index < -0.39 is 28.5 Å². The van der Waals surface area contributed by atoms with Gasteiger partial charge >= 0.3 is 0 Å². The van der Waals surface area contributed by atoms with Gasteiger partial charge in [0, 0.05) is 17.6 Å². The fourth-order valence-corrected chi connectivity index (χ4v) is 5.36. The van der Waals surface area contributed by atoms with Gasteiger partial charge in [-0.25, -0.2) is 8.42 Å². The van der Waals surface area contributed by atoms with E-state index in [-0.39, 0.29) is 23.4 Å². The lowest BCUT2D eigenvalue weighted by Gasteiger charge is -2.32. The van der Waals surface area contributed by atoms with Crippen molar-refractivity contribution >= 4 is 39.1 Å². The molecule has 0 heterocycles. The minimum atomic E-state index is -4.10. The van der Waals surface area contributed by atoms with Crippen molar-refractivity contribution in [2.24, 2.45) is 0 Å². The second-order valence-electron chi connectivity index (χ2n) is 9.30. The molecule has 0 fully saturated rings. The average Bonchev–Trinajstić information content (AvgIpc) is 2.91. The van der Waals surface area contributed by atoms with Crippen molar-refractivity contribution in [1.82, 2.24) is 10.2 Å². The molecule has 38 heavy (non-hydrogen) atoms. The van der Waals surface area contributed by atoms with Crippen molar-refractivity contribution in [3.63, 3.8) is 0 Å². The van der Waals surface area contributed by atoms with Crippen LogP contribution < -0.4 is 9.62 Å². The maximum Gasteiger partial charge on any atom is 0.264 e. The highest BCUT2D eigenvalue weighted by molar-refractivity contribution is 7.92. The van der Waals surface area contributed by atoms with Gasteiger partial charge < -0.3 is 10.2 Å². The van der Waals surface area contributed by atoms with E-state index in [1.54, 1.807) is 49.4 Å². The summed E-state index contributed by atoms with van der Waals surface area (Å²) < 4.78 is 28.5. The standard InChI is InChI=1S/C29H34ClN3O4S/c1-5-22(3)31-29(35)23(4)32(19-24-13-11-21(2)12-14-24)28(34)20-33(26-17-15-25(30)16-18-26)38(36,37)27-9-7-6-8-10-27/h6-18,22-23H,5,19-20H2,1-4H3,(H,31,35)/t22-,23-/m1/s1. The zero-order valence-corrected chi connectivity index (χ0v) is 23.7. The fourth-order valence-electron chi connectivity index (χ4n) is 3.79.